The summed E-state index contributed by atoms with van der Waals surface area (Å²) in [6.07, 6.45) is 3.00. The lowest BCUT2D eigenvalue weighted by Crippen LogP contribution is -2.41. The Morgan fingerprint density at radius 1 is 1.00 bits per heavy atom. The summed E-state index contributed by atoms with van der Waals surface area (Å²) in [5.74, 6) is -0.821. The van der Waals surface area contributed by atoms with Gasteiger partial charge in [-0.05, 0) is 42.8 Å². The van der Waals surface area contributed by atoms with Gasteiger partial charge < -0.3 is 0 Å². The average Bonchev–Trinajstić information content (AvgIpc) is 2.48. The van der Waals surface area contributed by atoms with Crippen LogP contribution in [0.5, 0.6) is 0 Å². The van der Waals surface area contributed by atoms with E-state index in [0.29, 0.717) is 16.1 Å². The average molecular weight is 290 g/mol. The highest BCUT2D eigenvalue weighted by Crippen LogP contribution is 2.15. The lowest BCUT2D eigenvalue weighted by Gasteiger charge is -2.08. The number of aryl methyl sites for hydroxylation is 1. The molecule has 102 valence electrons. The van der Waals surface area contributed by atoms with E-state index >= 15 is 0 Å². The van der Waals surface area contributed by atoms with Crippen LogP contribution in [0.1, 0.15) is 26.3 Å². The standard InChI is InChI=1S/C14H12ClN3O2/c1-9-8-11(2-3-12(9)15)14(20)18-17-13(19)10-4-6-16-7-5-10/h2-8H,1H3,(H,17,19)(H,18,20). The zero-order valence-corrected chi connectivity index (χ0v) is 11.4. The van der Waals surface area contributed by atoms with Gasteiger partial charge in [-0.1, -0.05) is 11.6 Å². The van der Waals surface area contributed by atoms with Crippen molar-refractivity contribution in [3.05, 3.63) is 64.4 Å². The quantitative estimate of drug-likeness (QED) is 0.832. The third-order valence-corrected chi connectivity index (χ3v) is 3.08. The Labute approximate surface area is 120 Å². The molecule has 0 saturated carbocycles. The van der Waals surface area contributed by atoms with Gasteiger partial charge in [0.25, 0.3) is 11.8 Å². The lowest BCUT2D eigenvalue weighted by atomic mass is 10.1. The van der Waals surface area contributed by atoms with E-state index in [2.05, 4.69) is 15.8 Å². The Balaban J connectivity index is 1.98. The van der Waals surface area contributed by atoms with Crippen molar-refractivity contribution in [1.82, 2.24) is 15.8 Å². The second-order valence-electron chi connectivity index (χ2n) is 4.11. The van der Waals surface area contributed by atoms with Crippen molar-refractivity contribution >= 4 is 23.4 Å². The second kappa shape index (κ2) is 6.16. The minimum Gasteiger partial charge on any atom is -0.267 e. The lowest BCUT2D eigenvalue weighted by molar-refractivity contribution is 0.0846. The predicted molar refractivity (Wildman–Crippen MR) is 75.4 cm³/mol. The Morgan fingerprint density at radius 3 is 2.20 bits per heavy atom. The summed E-state index contributed by atoms with van der Waals surface area (Å²) in [6, 6.07) is 7.97. The van der Waals surface area contributed by atoms with Crippen LogP contribution in [0.25, 0.3) is 0 Å². The van der Waals surface area contributed by atoms with Crippen LogP contribution in [-0.4, -0.2) is 16.8 Å². The Morgan fingerprint density at radius 2 is 1.60 bits per heavy atom. The number of hydrogen-bond donors (Lipinski definition) is 2. The molecule has 2 amide bonds. The van der Waals surface area contributed by atoms with Crippen LogP contribution in [0, 0.1) is 6.92 Å². The third kappa shape index (κ3) is 3.33. The number of halogens is 1. The minimum absolute atomic E-state index is 0.410. The second-order valence-corrected chi connectivity index (χ2v) is 4.52. The van der Waals surface area contributed by atoms with Gasteiger partial charge in [0.1, 0.15) is 0 Å². The Kier molecular flexibility index (Phi) is 4.32. The first-order valence-corrected chi connectivity index (χ1v) is 6.22. The molecule has 0 saturated heterocycles. The zero-order valence-electron chi connectivity index (χ0n) is 10.7. The van der Waals surface area contributed by atoms with Gasteiger partial charge in [0, 0.05) is 28.5 Å². The highest BCUT2D eigenvalue weighted by Gasteiger charge is 2.09. The molecule has 0 aliphatic rings. The summed E-state index contributed by atoms with van der Waals surface area (Å²) >= 11 is 5.89. The molecule has 6 heteroatoms. The molecule has 0 fully saturated rings. The van der Waals surface area contributed by atoms with Crippen molar-refractivity contribution in [2.24, 2.45) is 0 Å². The van der Waals surface area contributed by atoms with Crippen molar-refractivity contribution in [3.63, 3.8) is 0 Å². The van der Waals surface area contributed by atoms with Crippen molar-refractivity contribution in [2.45, 2.75) is 6.92 Å². The third-order valence-electron chi connectivity index (χ3n) is 2.65. The fourth-order valence-electron chi connectivity index (χ4n) is 1.55. The fourth-order valence-corrected chi connectivity index (χ4v) is 1.66. The maximum atomic E-state index is 11.9. The molecule has 2 N–H and O–H groups in total. The smallest absolute Gasteiger partial charge is 0.267 e. The number of rotatable bonds is 2. The first-order chi connectivity index (χ1) is 9.58. The van der Waals surface area contributed by atoms with Gasteiger partial charge in [0.05, 0.1) is 0 Å². The number of carbonyl (C=O) groups excluding carboxylic acids is 2. The van der Waals surface area contributed by atoms with Crippen LogP contribution in [0.4, 0.5) is 0 Å². The first-order valence-electron chi connectivity index (χ1n) is 5.85. The molecule has 0 spiro atoms. The normalized spacial score (nSPS) is 9.90. The fraction of sp³-hybridized carbons (Fsp3) is 0.0714. The molecule has 0 aliphatic heterocycles. The summed E-state index contributed by atoms with van der Waals surface area (Å²) < 4.78 is 0. The Hall–Kier alpha value is -2.40. The molecule has 1 heterocycles. The van der Waals surface area contributed by atoms with Gasteiger partial charge >= 0.3 is 0 Å². The Bertz CT molecular complexity index is 644. The van der Waals surface area contributed by atoms with Crippen molar-refractivity contribution < 1.29 is 9.59 Å². The van der Waals surface area contributed by atoms with Gasteiger partial charge in [0.2, 0.25) is 0 Å². The number of pyridine rings is 1. The van der Waals surface area contributed by atoms with Crippen molar-refractivity contribution in [3.8, 4) is 0 Å². The van der Waals surface area contributed by atoms with E-state index in [1.54, 1.807) is 37.3 Å². The summed E-state index contributed by atoms with van der Waals surface area (Å²) in [5.41, 5.74) is 6.29. The number of nitrogens with one attached hydrogen (secondary N) is 2. The van der Waals surface area contributed by atoms with Crippen LogP contribution in [0.2, 0.25) is 5.02 Å². The maximum absolute atomic E-state index is 11.9. The van der Waals surface area contributed by atoms with E-state index in [0.717, 1.165) is 5.56 Å². The monoisotopic (exact) mass is 289 g/mol. The largest absolute Gasteiger partial charge is 0.269 e. The number of hydrazine groups is 1. The van der Waals surface area contributed by atoms with E-state index in [1.165, 1.54) is 12.4 Å². The molecule has 0 aliphatic carbocycles. The highest BCUT2D eigenvalue weighted by atomic mass is 35.5. The van der Waals surface area contributed by atoms with E-state index in [4.69, 9.17) is 11.6 Å². The minimum atomic E-state index is -0.411. The van der Waals surface area contributed by atoms with Crippen molar-refractivity contribution in [1.29, 1.82) is 0 Å². The molecule has 2 aromatic rings. The van der Waals surface area contributed by atoms with Crippen LogP contribution in [-0.2, 0) is 0 Å². The summed E-state index contributed by atoms with van der Waals surface area (Å²) in [7, 11) is 0. The summed E-state index contributed by atoms with van der Waals surface area (Å²) in [5, 5.41) is 0.586. The molecular weight excluding hydrogens is 278 g/mol. The maximum Gasteiger partial charge on any atom is 0.269 e. The van der Waals surface area contributed by atoms with Gasteiger partial charge in [0.15, 0.2) is 0 Å². The molecule has 0 unspecified atom stereocenters. The van der Waals surface area contributed by atoms with E-state index in [9.17, 15) is 9.59 Å². The molecule has 1 aromatic carbocycles. The van der Waals surface area contributed by atoms with E-state index < -0.39 is 11.8 Å². The van der Waals surface area contributed by atoms with Crippen molar-refractivity contribution in [2.75, 3.05) is 0 Å². The number of carbonyl (C=O) groups is 2. The number of hydrogen-bond acceptors (Lipinski definition) is 3. The number of amides is 2. The van der Waals surface area contributed by atoms with Gasteiger partial charge in [-0.25, -0.2) is 0 Å². The van der Waals surface area contributed by atoms with Gasteiger partial charge in [-0.2, -0.15) is 0 Å². The number of nitrogens with zero attached hydrogens (tertiary/aromatic N) is 1. The molecule has 1 aromatic heterocycles. The molecule has 0 bridgehead atoms. The molecule has 5 nitrogen and oxygen atoms in total. The van der Waals surface area contributed by atoms with E-state index in [-0.39, 0.29) is 0 Å². The van der Waals surface area contributed by atoms with Crippen LogP contribution in [0.3, 0.4) is 0 Å². The van der Waals surface area contributed by atoms with Gasteiger partial charge in [-0.3, -0.25) is 25.4 Å². The number of benzene rings is 1. The highest BCUT2D eigenvalue weighted by molar-refractivity contribution is 6.31. The van der Waals surface area contributed by atoms with Crippen LogP contribution >= 0.6 is 11.6 Å². The van der Waals surface area contributed by atoms with Crippen LogP contribution < -0.4 is 10.9 Å². The van der Waals surface area contributed by atoms with Crippen LogP contribution in [0.15, 0.2) is 42.7 Å². The number of aromatic nitrogens is 1. The summed E-state index contributed by atoms with van der Waals surface area (Å²) in [4.78, 5) is 27.4. The summed E-state index contributed by atoms with van der Waals surface area (Å²) in [6.45, 7) is 1.80. The van der Waals surface area contributed by atoms with Gasteiger partial charge in [-0.15, -0.1) is 0 Å². The molecule has 0 radical (unpaired) electrons. The zero-order chi connectivity index (χ0) is 14.5. The topological polar surface area (TPSA) is 71.1 Å². The molecule has 0 atom stereocenters. The SMILES string of the molecule is Cc1cc(C(=O)NNC(=O)c2ccncc2)ccc1Cl. The molecule has 20 heavy (non-hydrogen) atoms. The first kappa shape index (κ1) is 14.0. The van der Waals surface area contributed by atoms with E-state index in [1.807, 2.05) is 0 Å². The predicted octanol–water partition coefficient (Wildman–Crippen LogP) is 2.12. The molecule has 2 rings (SSSR count). The molecular formula is C14H12ClN3O2.